The second-order valence-corrected chi connectivity index (χ2v) is 10.2. The highest BCUT2D eigenvalue weighted by Gasteiger charge is 2.23. The molecule has 6 heteroatoms. The summed E-state index contributed by atoms with van der Waals surface area (Å²) in [4.78, 5) is 28.0. The van der Waals surface area contributed by atoms with Crippen molar-refractivity contribution in [1.29, 1.82) is 0 Å². The van der Waals surface area contributed by atoms with Gasteiger partial charge in [0.05, 0.1) is 9.88 Å². The predicted octanol–water partition coefficient (Wildman–Crippen LogP) is 4.96. The number of rotatable bonds is 6. The van der Waals surface area contributed by atoms with Gasteiger partial charge in [-0.3, -0.25) is 14.5 Å². The first-order valence-electron chi connectivity index (χ1n) is 10.7. The van der Waals surface area contributed by atoms with Crippen molar-refractivity contribution in [3.63, 3.8) is 0 Å². The van der Waals surface area contributed by atoms with Gasteiger partial charge in [0.25, 0.3) is 5.91 Å². The number of nitrogens with one attached hydrogen (secondary N) is 2. The molecule has 0 atom stereocenters. The van der Waals surface area contributed by atoms with Crippen LogP contribution in [0.15, 0.2) is 30.3 Å². The average Bonchev–Trinajstić information content (AvgIpc) is 3.07. The van der Waals surface area contributed by atoms with Gasteiger partial charge in [-0.2, -0.15) is 0 Å². The first kappa shape index (κ1) is 22.5. The monoisotopic (exact) mass is 427 g/mol. The Labute approximate surface area is 183 Å². The van der Waals surface area contributed by atoms with Gasteiger partial charge in [-0.15, -0.1) is 11.3 Å². The molecule has 1 aliphatic heterocycles. The standard InChI is InChI=1S/C24H33N3O2S/c1-17-14-20(26-23(29)24(2,3)4)30-21(17)22(28)25-15-18-8-10-19(11-9-18)16-27-12-6-5-7-13-27/h8-11,14H,5-7,12-13,15-16H2,1-4H3,(H,25,28)(H,26,29). The van der Waals surface area contributed by atoms with Crippen LogP contribution in [0.5, 0.6) is 0 Å². The second-order valence-electron chi connectivity index (χ2n) is 9.16. The van der Waals surface area contributed by atoms with E-state index in [-0.39, 0.29) is 11.8 Å². The summed E-state index contributed by atoms with van der Waals surface area (Å²) in [5, 5.41) is 6.62. The first-order valence-corrected chi connectivity index (χ1v) is 11.5. The van der Waals surface area contributed by atoms with E-state index >= 15 is 0 Å². The molecule has 0 unspecified atom stereocenters. The molecular formula is C24H33N3O2S. The smallest absolute Gasteiger partial charge is 0.261 e. The van der Waals surface area contributed by atoms with Crippen LogP contribution in [0.1, 0.15) is 66.4 Å². The number of hydrogen-bond acceptors (Lipinski definition) is 4. The summed E-state index contributed by atoms with van der Waals surface area (Å²) >= 11 is 1.32. The van der Waals surface area contributed by atoms with Gasteiger partial charge in [0.2, 0.25) is 5.91 Å². The van der Waals surface area contributed by atoms with E-state index in [1.54, 1.807) is 0 Å². The molecular weight excluding hydrogens is 394 g/mol. The zero-order chi connectivity index (χ0) is 21.7. The zero-order valence-corrected chi connectivity index (χ0v) is 19.3. The third kappa shape index (κ3) is 6.16. The molecule has 3 rings (SSSR count). The number of hydrogen-bond donors (Lipinski definition) is 2. The normalized spacial score (nSPS) is 15.1. The van der Waals surface area contributed by atoms with Gasteiger partial charge < -0.3 is 10.6 Å². The van der Waals surface area contributed by atoms with Crippen molar-refractivity contribution >= 4 is 28.2 Å². The van der Waals surface area contributed by atoms with Crippen molar-refractivity contribution < 1.29 is 9.59 Å². The van der Waals surface area contributed by atoms with Crippen molar-refractivity contribution in [3.8, 4) is 0 Å². The maximum atomic E-state index is 12.6. The van der Waals surface area contributed by atoms with Crippen LogP contribution in [0.3, 0.4) is 0 Å². The molecule has 1 aliphatic rings. The number of carbonyl (C=O) groups excluding carboxylic acids is 2. The largest absolute Gasteiger partial charge is 0.347 e. The van der Waals surface area contributed by atoms with Gasteiger partial charge in [0.15, 0.2) is 0 Å². The molecule has 0 aliphatic carbocycles. The number of likely N-dealkylation sites (tertiary alicyclic amines) is 1. The van der Waals surface area contributed by atoms with Gasteiger partial charge in [0, 0.05) is 18.5 Å². The lowest BCUT2D eigenvalue weighted by Gasteiger charge is -2.26. The van der Waals surface area contributed by atoms with E-state index in [2.05, 4.69) is 39.8 Å². The number of thiophene rings is 1. The molecule has 0 spiro atoms. The van der Waals surface area contributed by atoms with E-state index in [1.165, 1.54) is 49.3 Å². The van der Waals surface area contributed by atoms with E-state index in [1.807, 2.05) is 33.8 Å². The minimum absolute atomic E-state index is 0.0552. The van der Waals surface area contributed by atoms with Crippen LogP contribution < -0.4 is 10.6 Å². The molecule has 30 heavy (non-hydrogen) atoms. The maximum absolute atomic E-state index is 12.6. The Kier molecular flexibility index (Phi) is 7.32. The fourth-order valence-corrected chi connectivity index (χ4v) is 4.45. The lowest BCUT2D eigenvalue weighted by molar-refractivity contribution is -0.123. The van der Waals surface area contributed by atoms with E-state index < -0.39 is 5.41 Å². The fraction of sp³-hybridized carbons (Fsp3) is 0.500. The Hall–Kier alpha value is -2.18. The maximum Gasteiger partial charge on any atom is 0.261 e. The lowest BCUT2D eigenvalue weighted by atomic mass is 9.96. The van der Waals surface area contributed by atoms with Crippen LogP contribution in [0, 0.1) is 12.3 Å². The minimum atomic E-state index is -0.472. The predicted molar refractivity (Wildman–Crippen MR) is 124 cm³/mol. The number of carbonyl (C=O) groups is 2. The summed E-state index contributed by atoms with van der Waals surface area (Å²) in [5.41, 5.74) is 2.81. The number of anilines is 1. The highest BCUT2D eigenvalue weighted by molar-refractivity contribution is 7.18. The third-order valence-corrected chi connectivity index (χ3v) is 6.52. The lowest BCUT2D eigenvalue weighted by Crippen LogP contribution is -2.29. The van der Waals surface area contributed by atoms with Crippen molar-refractivity contribution in [3.05, 3.63) is 51.9 Å². The van der Waals surface area contributed by atoms with Crippen molar-refractivity contribution in [2.24, 2.45) is 5.41 Å². The van der Waals surface area contributed by atoms with Crippen LogP contribution in [-0.2, 0) is 17.9 Å². The number of benzene rings is 1. The molecule has 162 valence electrons. The Morgan fingerprint density at radius 1 is 1.03 bits per heavy atom. The van der Waals surface area contributed by atoms with Gasteiger partial charge >= 0.3 is 0 Å². The van der Waals surface area contributed by atoms with Crippen LogP contribution in [0.2, 0.25) is 0 Å². The third-order valence-electron chi connectivity index (χ3n) is 5.37. The van der Waals surface area contributed by atoms with Crippen LogP contribution >= 0.6 is 11.3 Å². The molecule has 0 radical (unpaired) electrons. The SMILES string of the molecule is Cc1cc(NC(=O)C(C)(C)C)sc1C(=O)NCc1ccc(CN2CCCCC2)cc1. The number of nitrogens with zero attached hydrogens (tertiary/aromatic N) is 1. The molecule has 2 heterocycles. The topological polar surface area (TPSA) is 61.4 Å². The van der Waals surface area contributed by atoms with E-state index in [4.69, 9.17) is 0 Å². The Morgan fingerprint density at radius 2 is 1.67 bits per heavy atom. The average molecular weight is 428 g/mol. The summed E-state index contributed by atoms with van der Waals surface area (Å²) in [6.07, 6.45) is 3.95. The number of amides is 2. The van der Waals surface area contributed by atoms with Gasteiger partial charge in [-0.05, 0) is 55.6 Å². The van der Waals surface area contributed by atoms with Gasteiger partial charge in [0.1, 0.15) is 0 Å². The highest BCUT2D eigenvalue weighted by atomic mass is 32.1. The van der Waals surface area contributed by atoms with Gasteiger partial charge in [-0.1, -0.05) is 51.5 Å². The molecule has 1 saturated heterocycles. The second kappa shape index (κ2) is 9.75. The molecule has 0 bridgehead atoms. The Morgan fingerprint density at radius 3 is 2.30 bits per heavy atom. The molecule has 2 aromatic rings. The summed E-state index contributed by atoms with van der Waals surface area (Å²) in [7, 11) is 0. The highest BCUT2D eigenvalue weighted by Crippen LogP contribution is 2.28. The van der Waals surface area contributed by atoms with Crippen molar-refractivity contribution in [1.82, 2.24) is 10.2 Å². The van der Waals surface area contributed by atoms with Crippen LogP contribution in [0.4, 0.5) is 5.00 Å². The quantitative estimate of drug-likeness (QED) is 0.685. The van der Waals surface area contributed by atoms with E-state index in [9.17, 15) is 9.59 Å². The van der Waals surface area contributed by atoms with Gasteiger partial charge in [-0.25, -0.2) is 0 Å². The van der Waals surface area contributed by atoms with E-state index in [0.717, 1.165) is 17.7 Å². The Balaban J connectivity index is 1.53. The first-order chi connectivity index (χ1) is 14.2. The number of piperidine rings is 1. The molecule has 5 nitrogen and oxygen atoms in total. The Bertz CT molecular complexity index is 875. The molecule has 1 aromatic heterocycles. The molecule has 2 N–H and O–H groups in total. The van der Waals surface area contributed by atoms with Crippen LogP contribution in [0.25, 0.3) is 0 Å². The molecule has 1 aromatic carbocycles. The van der Waals surface area contributed by atoms with E-state index in [0.29, 0.717) is 16.4 Å². The molecule has 1 fully saturated rings. The minimum Gasteiger partial charge on any atom is -0.347 e. The molecule has 2 amide bonds. The summed E-state index contributed by atoms with van der Waals surface area (Å²) in [5.74, 6) is -0.161. The molecule has 0 saturated carbocycles. The van der Waals surface area contributed by atoms with Crippen LogP contribution in [-0.4, -0.2) is 29.8 Å². The van der Waals surface area contributed by atoms with Crippen molar-refractivity contribution in [2.45, 2.75) is 60.0 Å². The van der Waals surface area contributed by atoms with Crippen molar-refractivity contribution in [2.75, 3.05) is 18.4 Å². The summed E-state index contributed by atoms with van der Waals surface area (Å²) < 4.78 is 0. The zero-order valence-electron chi connectivity index (χ0n) is 18.5. The number of aryl methyl sites for hydroxylation is 1. The fourth-order valence-electron chi connectivity index (χ4n) is 3.47. The summed E-state index contributed by atoms with van der Waals surface area (Å²) in [6.45, 7) is 11.4. The summed E-state index contributed by atoms with van der Waals surface area (Å²) in [6, 6.07) is 10.4.